The van der Waals surface area contributed by atoms with E-state index >= 15 is 0 Å². The number of benzene rings is 4. The number of esters is 1. The summed E-state index contributed by atoms with van der Waals surface area (Å²) in [5.74, 6) is -3.95. The minimum absolute atomic E-state index is 0.0771. The van der Waals surface area contributed by atoms with E-state index in [2.05, 4.69) is 5.32 Å². The van der Waals surface area contributed by atoms with Crippen LogP contribution in [-0.4, -0.2) is 41.2 Å². The molecular formula is C38H32Cl2N2O5. The van der Waals surface area contributed by atoms with Crippen LogP contribution in [0.1, 0.15) is 52.0 Å². The van der Waals surface area contributed by atoms with Crippen molar-refractivity contribution in [1.82, 2.24) is 4.90 Å². The summed E-state index contributed by atoms with van der Waals surface area (Å²) in [6.45, 7) is 4.19. The van der Waals surface area contributed by atoms with Gasteiger partial charge in [-0.1, -0.05) is 92.7 Å². The van der Waals surface area contributed by atoms with E-state index in [1.165, 1.54) is 0 Å². The Kier molecular flexibility index (Phi) is 7.72. The number of carbonyl (C=O) groups excluding carboxylic acids is 4. The average Bonchev–Trinajstić information content (AvgIpc) is 3.36. The van der Waals surface area contributed by atoms with Gasteiger partial charge in [0.1, 0.15) is 15.8 Å². The zero-order valence-electron chi connectivity index (χ0n) is 25.8. The summed E-state index contributed by atoms with van der Waals surface area (Å²) in [5, 5.41) is 2.87. The molecule has 3 atom stereocenters. The van der Waals surface area contributed by atoms with Crippen molar-refractivity contribution in [3.63, 3.8) is 0 Å². The second-order valence-electron chi connectivity index (χ2n) is 12.8. The molecule has 0 radical (unpaired) electrons. The molecule has 3 aliphatic carbocycles. The highest BCUT2D eigenvalue weighted by atomic mass is 35.5. The normalized spacial score (nSPS) is 24.4. The molecule has 2 bridgehead atoms. The molecule has 1 fully saturated rings. The molecule has 3 amide bonds. The van der Waals surface area contributed by atoms with Crippen LogP contribution in [0.5, 0.6) is 0 Å². The topological polar surface area (TPSA) is 92.8 Å². The Morgan fingerprint density at radius 1 is 0.745 bits per heavy atom. The maximum Gasteiger partial charge on any atom is 0.338 e. The van der Waals surface area contributed by atoms with E-state index in [-0.39, 0.29) is 12.3 Å². The van der Waals surface area contributed by atoms with E-state index in [1.807, 2.05) is 92.7 Å². The van der Waals surface area contributed by atoms with Gasteiger partial charge in [-0.05, 0) is 58.0 Å². The molecule has 0 unspecified atom stereocenters. The summed E-state index contributed by atoms with van der Waals surface area (Å²) in [5.41, 5.74) is 4.26. The molecule has 8 rings (SSSR count). The van der Waals surface area contributed by atoms with Crippen LogP contribution in [0.25, 0.3) is 0 Å². The van der Waals surface area contributed by atoms with Gasteiger partial charge < -0.3 is 10.1 Å². The third kappa shape index (κ3) is 4.78. The highest BCUT2D eigenvalue weighted by Crippen LogP contribution is 2.69. The van der Waals surface area contributed by atoms with Gasteiger partial charge in [0.05, 0.1) is 24.0 Å². The molecule has 0 spiro atoms. The van der Waals surface area contributed by atoms with Crippen molar-refractivity contribution in [2.45, 2.75) is 36.1 Å². The summed E-state index contributed by atoms with van der Waals surface area (Å²) in [4.78, 5) is 54.3. The standard InChI is InChI=1S/C38H32Cl2N2O5/c1-22(2)21-47-36(46)24-16-18-25(19-17-24)41-33(43)30(20-23-10-4-3-5-11-23)42-34(44)31-32(35(42)45)38(40)27-13-7-6-12-26(27)37(31,39)28-14-8-9-15-29(28)38/h3-19,22,30-32H,20-21H2,1-2H3,(H,41,43)/t30-,31-,32+,37?,38?/m0/s1. The molecule has 238 valence electrons. The molecule has 1 N–H and O–H groups in total. The quantitative estimate of drug-likeness (QED) is 0.129. The lowest BCUT2D eigenvalue weighted by Gasteiger charge is -2.54. The van der Waals surface area contributed by atoms with Crippen LogP contribution in [0.3, 0.4) is 0 Å². The Labute approximate surface area is 282 Å². The van der Waals surface area contributed by atoms with Crippen LogP contribution >= 0.6 is 23.2 Å². The smallest absolute Gasteiger partial charge is 0.338 e. The van der Waals surface area contributed by atoms with E-state index in [9.17, 15) is 19.2 Å². The van der Waals surface area contributed by atoms with Crippen LogP contribution < -0.4 is 5.32 Å². The Bertz CT molecular complexity index is 1790. The molecule has 9 heteroatoms. The fourth-order valence-corrected chi connectivity index (χ4v) is 8.47. The van der Waals surface area contributed by atoms with Crippen molar-refractivity contribution in [3.05, 3.63) is 137 Å². The zero-order chi connectivity index (χ0) is 33.1. The number of ether oxygens (including phenoxy) is 1. The zero-order valence-corrected chi connectivity index (χ0v) is 27.3. The molecule has 0 aromatic heterocycles. The maximum atomic E-state index is 14.7. The van der Waals surface area contributed by atoms with Crippen LogP contribution in [0, 0.1) is 17.8 Å². The van der Waals surface area contributed by atoms with Crippen molar-refractivity contribution in [2.24, 2.45) is 17.8 Å². The van der Waals surface area contributed by atoms with Gasteiger partial charge >= 0.3 is 5.97 Å². The Balaban J connectivity index is 1.26. The second-order valence-corrected chi connectivity index (χ2v) is 14.0. The van der Waals surface area contributed by atoms with Crippen LogP contribution in [0.15, 0.2) is 103 Å². The fraction of sp³-hybridized carbons (Fsp3) is 0.263. The Morgan fingerprint density at radius 3 is 1.68 bits per heavy atom. The first-order chi connectivity index (χ1) is 22.6. The van der Waals surface area contributed by atoms with Gasteiger partial charge in [0.2, 0.25) is 17.7 Å². The summed E-state index contributed by atoms with van der Waals surface area (Å²) >= 11 is 15.2. The summed E-state index contributed by atoms with van der Waals surface area (Å²) < 4.78 is 5.31. The lowest BCUT2D eigenvalue weighted by molar-refractivity contribution is -0.146. The number of imide groups is 1. The van der Waals surface area contributed by atoms with Crippen molar-refractivity contribution in [3.8, 4) is 0 Å². The summed E-state index contributed by atoms with van der Waals surface area (Å²) in [6, 6.07) is 29.2. The molecule has 4 aliphatic rings. The second kappa shape index (κ2) is 11.7. The van der Waals surface area contributed by atoms with Crippen molar-refractivity contribution in [1.29, 1.82) is 0 Å². The molecule has 47 heavy (non-hydrogen) atoms. The number of hydrogen-bond acceptors (Lipinski definition) is 5. The number of nitrogens with one attached hydrogen (secondary N) is 1. The first-order valence-corrected chi connectivity index (χ1v) is 16.4. The van der Waals surface area contributed by atoms with Gasteiger partial charge in [-0.2, -0.15) is 0 Å². The van der Waals surface area contributed by atoms with E-state index < -0.39 is 51.3 Å². The van der Waals surface area contributed by atoms with Crippen molar-refractivity contribution >= 4 is 52.6 Å². The number of halogens is 2. The number of nitrogens with zero attached hydrogens (tertiary/aromatic N) is 1. The van der Waals surface area contributed by atoms with Gasteiger partial charge in [-0.15, -0.1) is 23.2 Å². The molecule has 1 aliphatic heterocycles. The van der Waals surface area contributed by atoms with Gasteiger partial charge in [-0.3, -0.25) is 19.3 Å². The van der Waals surface area contributed by atoms with E-state index in [4.69, 9.17) is 27.9 Å². The number of alkyl halides is 2. The SMILES string of the molecule is CC(C)COC(=O)c1ccc(NC(=O)[C@H](Cc2ccccc2)N2C(=O)[C@@H]3[C@H](C2=O)C2(Cl)c4ccccc4C3(Cl)c3ccccc32)cc1. The van der Waals surface area contributed by atoms with Crippen molar-refractivity contribution < 1.29 is 23.9 Å². The van der Waals surface area contributed by atoms with Crippen LogP contribution in [-0.2, 0) is 35.3 Å². The first-order valence-electron chi connectivity index (χ1n) is 15.6. The number of likely N-dealkylation sites (tertiary alicyclic amines) is 1. The third-order valence-electron chi connectivity index (χ3n) is 9.44. The first kappa shape index (κ1) is 31.2. The van der Waals surface area contributed by atoms with Crippen LogP contribution in [0.2, 0.25) is 0 Å². The van der Waals surface area contributed by atoms with Gasteiger partial charge in [0, 0.05) is 12.1 Å². The van der Waals surface area contributed by atoms with E-state index in [1.54, 1.807) is 24.3 Å². The molecule has 1 saturated heterocycles. The molecule has 4 aromatic rings. The average molecular weight is 668 g/mol. The molecule has 1 heterocycles. The monoisotopic (exact) mass is 666 g/mol. The minimum Gasteiger partial charge on any atom is -0.462 e. The van der Waals surface area contributed by atoms with E-state index in [0.717, 1.165) is 10.5 Å². The number of anilines is 1. The summed E-state index contributed by atoms with van der Waals surface area (Å²) in [6.07, 6.45) is 0.0771. The number of carbonyl (C=O) groups is 4. The largest absolute Gasteiger partial charge is 0.462 e. The van der Waals surface area contributed by atoms with Crippen LogP contribution in [0.4, 0.5) is 5.69 Å². The number of amides is 3. The molecule has 0 saturated carbocycles. The van der Waals surface area contributed by atoms with Crippen molar-refractivity contribution in [2.75, 3.05) is 11.9 Å². The number of hydrogen-bond donors (Lipinski definition) is 1. The molecule has 4 aromatic carbocycles. The molecular weight excluding hydrogens is 635 g/mol. The highest BCUT2D eigenvalue weighted by molar-refractivity contribution is 6.36. The fourth-order valence-electron chi connectivity index (χ4n) is 7.38. The van der Waals surface area contributed by atoms with Gasteiger partial charge in [0.15, 0.2) is 0 Å². The lowest BCUT2D eigenvalue weighted by Crippen LogP contribution is -2.57. The predicted molar refractivity (Wildman–Crippen MR) is 179 cm³/mol. The molecule has 7 nitrogen and oxygen atoms in total. The minimum atomic E-state index is -1.36. The number of rotatable bonds is 8. The lowest BCUT2D eigenvalue weighted by atomic mass is 9.54. The van der Waals surface area contributed by atoms with E-state index in [0.29, 0.717) is 40.1 Å². The van der Waals surface area contributed by atoms with Gasteiger partial charge in [0.25, 0.3) is 0 Å². The highest BCUT2D eigenvalue weighted by Gasteiger charge is 2.73. The Morgan fingerprint density at radius 2 is 1.21 bits per heavy atom. The summed E-state index contributed by atoms with van der Waals surface area (Å²) in [7, 11) is 0. The predicted octanol–water partition coefficient (Wildman–Crippen LogP) is 6.64. The maximum absolute atomic E-state index is 14.7. The van der Waals surface area contributed by atoms with Gasteiger partial charge in [-0.25, -0.2) is 4.79 Å². The Hall–Kier alpha value is -4.46. The third-order valence-corrected chi connectivity index (χ3v) is 10.7.